The van der Waals surface area contributed by atoms with Crippen LogP contribution in [0.4, 0.5) is 5.82 Å². The quantitative estimate of drug-likeness (QED) is 0.531. The smallest absolute Gasteiger partial charge is 0.317 e. The summed E-state index contributed by atoms with van der Waals surface area (Å²) in [4.78, 5) is 47.5. The lowest BCUT2D eigenvalue weighted by molar-refractivity contribution is -0.838. The van der Waals surface area contributed by atoms with Crippen molar-refractivity contribution in [2.45, 2.75) is 51.7 Å². The van der Waals surface area contributed by atoms with Gasteiger partial charge < -0.3 is 15.6 Å². The van der Waals surface area contributed by atoms with Crippen LogP contribution in [-0.4, -0.2) is 71.5 Å². The fourth-order valence-electron chi connectivity index (χ4n) is 4.92. The van der Waals surface area contributed by atoms with Gasteiger partial charge in [-0.15, -0.1) is 0 Å². The van der Waals surface area contributed by atoms with Crippen LogP contribution in [-0.2, 0) is 16.1 Å². The maximum absolute atomic E-state index is 13.0. The zero-order chi connectivity index (χ0) is 23.3. The molecule has 0 aromatic carbocycles. The number of aromatic nitrogens is 6. The molecule has 3 atom stereocenters. The number of aryl methyl sites for hydroxylation is 2. The summed E-state index contributed by atoms with van der Waals surface area (Å²) in [6.07, 6.45) is 7.24. The second-order valence-corrected chi connectivity index (χ2v) is 9.15. The summed E-state index contributed by atoms with van der Waals surface area (Å²) in [7, 11) is 1.83. The molecule has 0 radical (unpaired) electrons. The third-order valence-electron chi connectivity index (χ3n) is 6.78. The molecule has 2 unspecified atom stereocenters. The molecule has 172 valence electrons. The van der Waals surface area contributed by atoms with E-state index in [0.29, 0.717) is 48.1 Å². The fraction of sp³-hybridized carbons (Fsp3) is 0.500. The van der Waals surface area contributed by atoms with Crippen LogP contribution in [0.3, 0.4) is 0 Å². The Labute approximate surface area is 191 Å². The predicted molar refractivity (Wildman–Crippen MR) is 121 cm³/mol. The third kappa shape index (κ3) is 3.62. The molecule has 11 heteroatoms. The number of quaternary nitrogens is 1. The molecule has 1 saturated heterocycles. The number of likely N-dealkylation sites (tertiary alicyclic amines) is 1. The average Bonchev–Trinajstić information content (AvgIpc) is 3.48. The van der Waals surface area contributed by atoms with Crippen LogP contribution in [0.25, 0.3) is 22.6 Å². The Morgan fingerprint density at radius 2 is 1.94 bits per heavy atom. The molecule has 2 aliphatic rings. The van der Waals surface area contributed by atoms with Crippen molar-refractivity contribution in [3.05, 3.63) is 24.5 Å². The molecule has 3 aromatic rings. The highest BCUT2D eigenvalue weighted by molar-refractivity contribution is 5.87. The number of rotatable bonds is 6. The van der Waals surface area contributed by atoms with E-state index in [2.05, 4.69) is 25.3 Å². The molecule has 5 rings (SSSR count). The van der Waals surface area contributed by atoms with Crippen molar-refractivity contribution < 1.29 is 14.1 Å². The molecule has 33 heavy (non-hydrogen) atoms. The van der Waals surface area contributed by atoms with Gasteiger partial charge in [0, 0.05) is 25.4 Å². The van der Waals surface area contributed by atoms with Crippen LogP contribution in [0.15, 0.2) is 18.7 Å². The van der Waals surface area contributed by atoms with E-state index in [0.717, 1.165) is 18.4 Å². The molecule has 1 saturated carbocycles. The predicted octanol–water partition coefficient (Wildman–Crippen LogP) is 1.03. The highest BCUT2D eigenvalue weighted by atomic mass is 16.2. The third-order valence-corrected chi connectivity index (χ3v) is 6.78. The number of nitrogens with one attached hydrogen (secondary N) is 1. The van der Waals surface area contributed by atoms with Crippen LogP contribution < -0.4 is 11.1 Å². The number of anilines is 1. The maximum Gasteiger partial charge on any atom is 0.317 e. The molecule has 0 spiro atoms. The van der Waals surface area contributed by atoms with Crippen molar-refractivity contribution in [3.63, 3.8) is 0 Å². The monoisotopic (exact) mass is 450 g/mol. The summed E-state index contributed by atoms with van der Waals surface area (Å²) in [5, 5.41) is 3.43. The average molecular weight is 451 g/mol. The number of amides is 2. The molecule has 0 bridgehead atoms. The van der Waals surface area contributed by atoms with Crippen LogP contribution in [0.2, 0.25) is 0 Å². The molecule has 3 aromatic heterocycles. The zero-order valence-electron chi connectivity index (χ0n) is 19.0. The summed E-state index contributed by atoms with van der Waals surface area (Å²) in [5.41, 5.74) is 7.82. The highest BCUT2D eigenvalue weighted by Crippen LogP contribution is 2.38. The molecule has 2 fully saturated rings. The summed E-state index contributed by atoms with van der Waals surface area (Å²) in [5.74, 6) is 1.67. The number of fused-ring (bicyclic) bond motifs is 1. The number of nitrogens with two attached hydrogens (primary N) is 1. The van der Waals surface area contributed by atoms with Gasteiger partial charge in [0.1, 0.15) is 24.5 Å². The second-order valence-electron chi connectivity index (χ2n) is 9.15. The SMILES string of the molecule is CCn1c(-c2cnc(C)nc2)nc2c(NC3C[C@@H](C(N)=O)[N+](C)(C(=O)C4CC4)C3)ncnc21. The maximum atomic E-state index is 13.0. The minimum atomic E-state index is -0.554. The highest BCUT2D eigenvalue weighted by Gasteiger charge is 2.55. The number of imidazole rings is 1. The number of carbonyl (C=O) groups excluding carboxylic acids is 2. The van der Waals surface area contributed by atoms with Crippen molar-refractivity contribution >= 4 is 28.8 Å². The van der Waals surface area contributed by atoms with E-state index in [4.69, 9.17) is 10.7 Å². The standard InChI is InChI=1S/C22H27N9O2/c1-4-30-20(14-8-24-12(2)25-9-14)29-17-19(26-11-27-21(17)30)28-15-7-16(18(23)32)31(3,10-15)22(33)13-5-6-13/h8-9,11,13,15-16H,4-7,10H2,1-3H3,(H2-,23,26,27,28,32)/p+1/t15?,16-,31?/m0/s1. The molecule has 2 amide bonds. The van der Waals surface area contributed by atoms with Crippen LogP contribution >= 0.6 is 0 Å². The normalized spacial score (nSPS) is 24.8. The molecule has 3 N–H and O–H groups in total. The zero-order valence-corrected chi connectivity index (χ0v) is 19.0. The van der Waals surface area contributed by atoms with Crippen LogP contribution in [0.5, 0.6) is 0 Å². The van der Waals surface area contributed by atoms with Gasteiger partial charge in [-0.1, -0.05) is 0 Å². The lowest BCUT2D eigenvalue weighted by Gasteiger charge is -2.31. The van der Waals surface area contributed by atoms with Crippen molar-refractivity contribution in [2.75, 3.05) is 18.9 Å². The minimum absolute atomic E-state index is 0.0425. The van der Waals surface area contributed by atoms with E-state index < -0.39 is 11.9 Å². The van der Waals surface area contributed by atoms with Gasteiger partial charge in [0.15, 0.2) is 23.0 Å². The first-order valence-corrected chi connectivity index (χ1v) is 11.3. The summed E-state index contributed by atoms with van der Waals surface area (Å²) >= 11 is 0. The van der Waals surface area contributed by atoms with E-state index in [1.807, 2.05) is 25.5 Å². The summed E-state index contributed by atoms with van der Waals surface area (Å²) < 4.78 is 2.04. The van der Waals surface area contributed by atoms with Gasteiger partial charge in [-0.25, -0.2) is 29.7 Å². The minimum Gasteiger partial charge on any atom is -0.364 e. The Balaban J connectivity index is 1.49. The number of hydrogen-bond donors (Lipinski definition) is 2. The Bertz CT molecular complexity index is 1230. The Kier molecular flexibility index (Phi) is 5.08. The number of likely N-dealkylation sites (N-methyl/N-ethyl adjacent to an activating group) is 1. The van der Waals surface area contributed by atoms with Gasteiger partial charge in [-0.3, -0.25) is 9.28 Å². The van der Waals surface area contributed by atoms with Crippen molar-refractivity contribution in [2.24, 2.45) is 11.7 Å². The van der Waals surface area contributed by atoms with Gasteiger partial charge in [0.05, 0.1) is 24.6 Å². The van der Waals surface area contributed by atoms with Crippen LogP contribution in [0.1, 0.15) is 32.0 Å². The first kappa shape index (κ1) is 21.4. The number of primary amides is 1. The summed E-state index contributed by atoms with van der Waals surface area (Å²) in [6.45, 7) is 4.99. The Hall–Kier alpha value is -3.47. The molecule has 4 heterocycles. The Morgan fingerprint density at radius 1 is 1.21 bits per heavy atom. The molecular weight excluding hydrogens is 422 g/mol. The van der Waals surface area contributed by atoms with E-state index >= 15 is 0 Å². The molecule has 1 aliphatic heterocycles. The van der Waals surface area contributed by atoms with Gasteiger partial charge in [0.2, 0.25) is 0 Å². The first-order chi connectivity index (χ1) is 15.8. The van der Waals surface area contributed by atoms with Crippen molar-refractivity contribution in [1.82, 2.24) is 29.5 Å². The topological polar surface area (TPSA) is 142 Å². The van der Waals surface area contributed by atoms with Gasteiger partial charge >= 0.3 is 5.91 Å². The van der Waals surface area contributed by atoms with E-state index in [1.165, 1.54) is 6.33 Å². The van der Waals surface area contributed by atoms with Gasteiger partial charge in [-0.2, -0.15) is 0 Å². The Morgan fingerprint density at radius 3 is 2.58 bits per heavy atom. The van der Waals surface area contributed by atoms with E-state index in [9.17, 15) is 9.59 Å². The number of hydrogen-bond acceptors (Lipinski definition) is 8. The molecule has 11 nitrogen and oxygen atoms in total. The lowest BCUT2D eigenvalue weighted by atomic mass is 10.1. The van der Waals surface area contributed by atoms with E-state index in [-0.39, 0.29) is 22.3 Å². The van der Waals surface area contributed by atoms with Gasteiger partial charge in [0.25, 0.3) is 5.91 Å². The fourth-order valence-corrected chi connectivity index (χ4v) is 4.92. The lowest BCUT2D eigenvalue weighted by Crippen LogP contribution is -2.58. The molecular formula is C22H28N9O2+. The van der Waals surface area contributed by atoms with Crippen molar-refractivity contribution in [1.29, 1.82) is 0 Å². The number of carbonyl (C=O) groups is 2. The number of nitrogens with zero attached hydrogens (tertiary/aromatic N) is 7. The van der Waals surface area contributed by atoms with Crippen LogP contribution in [0, 0.1) is 12.8 Å². The van der Waals surface area contributed by atoms with Crippen molar-refractivity contribution in [3.8, 4) is 11.4 Å². The summed E-state index contributed by atoms with van der Waals surface area (Å²) in [6, 6.07) is -0.701. The first-order valence-electron chi connectivity index (χ1n) is 11.3. The van der Waals surface area contributed by atoms with E-state index in [1.54, 1.807) is 12.4 Å². The second kappa shape index (κ2) is 7.84. The largest absolute Gasteiger partial charge is 0.364 e. The van der Waals surface area contributed by atoms with Gasteiger partial charge in [-0.05, 0) is 26.7 Å². The molecule has 1 aliphatic carbocycles.